The second-order valence-corrected chi connectivity index (χ2v) is 6.85. The third kappa shape index (κ3) is 3.16. The molecule has 0 aliphatic rings. The van der Waals surface area contributed by atoms with Crippen LogP contribution in [-0.2, 0) is 0 Å². The van der Waals surface area contributed by atoms with Gasteiger partial charge in [-0.1, -0.05) is 46.1 Å². The van der Waals surface area contributed by atoms with E-state index >= 15 is 0 Å². The molecule has 0 aliphatic heterocycles. The molecule has 122 valence electrons. The predicted molar refractivity (Wildman–Crippen MR) is 95.7 cm³/mol. The smallest absolute Gasteiger partial charge is 0.282 e. The van der Waals surface area contributed by atoms with E-state index in [9.17, 15) is 14.9 Å². The number of amides is 1. The van der Waals surface area contributed by atoms with Crippen molar-refractivity contribution >= 4 is 73.1 Å². The second-order valence-electron chi connectivity index (χ2n) is 4.60. The van der Waals surface area contributed by atoms with Crippen LogP contribution in [-0.4, -0.2) is 15.8 Å². The minimum Gasteiger partial charge on any atom is -0.298 e. The van der Waals surface area contributed by atoms with Crippen molar-refractivity contribution in [2.24, 2.45) is 0 Å². The van der Waals surface area contributed by atoms with Crippen LogP contribution < -0.4 is 5.32 Å². The average molecular weight is 403 g/mol. The van der Waals surface area contributed by atoms with E-state index in [0.29, 0.717) is 10.5 Å². The van der Waals surface area contributed by atoms with Crippen LogP contribution >= 0.6 is 46.1 Å². The number of aromatic nitrogens is 1. The molecule has 1 N–H and O–H groups in total. The van der Waals surface area contributed by atoms with E-state index in [1.165, 1.54) is 29.5 Å². The summed E-state index contributed by atoms with van der Waals surface area (Å²) < 4.78 is 0.722. The SMILES string of the molecule is O=C(Nc1nc2c(Cl)c(Cl)ccc2s1)c1cc(Cl)ccc1[N+](=O)[O-]. The number of anilines is 1. The highest BCUT2D eigenvalue weighted by atomic mass is 35.5. The summed E-state index contributed by atoms with van der Waals surface area (Å²) in [5.74, 6) is -0.689. The molecule has 10 heteroatoms. The molecule has 1 aromatic heterocycles. The molecule has 0 radical (unpaired) electrons. The number of nitrogens with zero attached hydrogens (tertiary/aromatic N) is 2. The van der Waals surface area contributed by atoms with Gasteiger partial charge in [-0.25, -0.2) is 4.98 Å². The normalized spacial score (nSPS) is 10.8. The zero-order valence-corrected chi connectivity index (χ0v) is 14.6. The summed E-state index contributed by atoms with van der Waals surface area (Å²) in [4.78, 5) is 27.0. The van der Waals surface area contributed by atoms with Crippen molar-refractivity contribution in [3.63, 3.8) is 0 Å². The van der Waals surface area contributed by atoms with E-state index < -0.39 is 10.8 Å². The molecule has 1 heterocycles. The first-order valence-corrected chi connectivity index (χ1v) is 8.31. The number of thiazole rings is 1. The molecule has 0 fully saturated rings. The third-order valence-corrected chi connectivity index (χ3v) is 5.04. The number of halogens is 3. The fraction of sp³-hybridized carbons (Fsp3) is 0. The topological polar surface area (TPSA) is 85.1 Å². The van der Waals surface area contributed by atoms with Crippen LogP contribution in [0, 0.1) is 10.1 Å². The number of rotatable bonds is 3. The van der Waals surface area contributed by atoms with Crippen LogP contribution in [0.3, 0.4) is 0 Å². The second kappa shape index (κ2) is 6.52. The molecule has 0 saturated carbocycles. The van der Waals surface area contributed by atoms with Crippen molar-refractivity contribution in [2.45, 2.75) is 0 Å². The molecule has 0 spiro atoms. The molecule has 1 amide bonds. The highest BCUT2D eigenvalue weighted by Gasteiger charge is 2.22. The summed E-state index contributed by atoms with van der Waals surface area (Å²) in [6, 6.07) is 7.09. The van der Waals surface area contributed by atoms with Gasteiger partial charge in [-0.2, -0.15) is 0 Å². The van der Waals surface area contributed by atoms with E-state index in [4.69, 9.17) is 34.8 Å². The Morgan fingerprint density at radius 1 is 1.21 bits per heavy atom. The molecule has 0 atom stereocenters. The Morgan fingerprint density at radius 3 is 2.67 bits per heavy atom. The van der Waals surface area contributed by atoms with Gasteiger partial charge in [-0.3, -0.25) is 20.2 Å². The lowest BCUT2D eigenvalue weighted by atomic mass is 10.1. The summed E-state index contributed by atoms with van der Waals surface area (Å²) in [5, 5.41) is 14.7. The molecule has 3 rings (SSSR count). The van der Waals surface area contributed by atoms with Crippen molar-refractivity contribution in [3.05, 3.63) is 61.1 Å². The number of carbonyl (C=O) groups is 1. The largest absolute Gasteiger partial charge is 0.298 e. The van der Waals surface area contributed by atoms with Crippen molar-refractivity contribution in [2.75, 3.05) is 5.32 Å². The third-order valence-electron chi connectivity index (χ3n) is 3.07. The summed E-state index contributed by atoms with van der Waals surface area (Å²) in [7, 11) is 0. The minimum atomic E-state index is -0.689. The number of hydrogen-bond donors (Lipinski definition) is 1. The van der Waals surface area contributed by atoms with Gasteiger partial charge in [0, 0.05) is 11.1 Å². The molecule has 2 aromatic carbocycles. The summed E-state index contributed by atoms with van der Waals surface area (Å²) in [5.41, 5.74) is -0.0555. The van der Waals surface area contributed by atoms with E-state index in [2.05, 4.69) is 10.3 Å². The fourth-order valence-electron chi connectivity index (χ4n) is 2.00. The van der Waals surface area contributed by atoms with Gasteiger partial charge in [0.25, 0.3) is 11.6 Å². The molecule has 6 nitrogen and oxygen atoms in total. The van der Waals surface area contributed by atoms with Crippen LogP contribution in [0.5, 0.6) is 0 Å². The number of hydrogen-bond acceptors (Lipinski definition) is 5. The maximum absolute atomic E-state index is 12.4. The van der Waals surface area contributed by atoms with E-state index in [0.717, 1.165) is 4.70 Å². The lowest BCUT2D eigenvalue weighted by Gasteiger charge is -2.03. The summed E-state index contributed by atoms with van der Waals surface area (Å²) >= 11 is 19.0. The lowest BCUT2D eigenvalue weighted by molar-refractivity contribution is -0.385. The van der Waals surface area contributed by atoms with Gasteiger partial charge in [0.1, 0.15) is 11.1 Å². The van der Waals surface area contributed by atoms with Gasteiger partial charge in [0.15, 0.2) is 5.13 Å². The predicted octanol–water partition coefficient (Wildman–Crippen LogP) is 5.42. The molecule has 24 heavy (non-hydrogen) atoms. The van der Waals surface area contributed by atoms with Crippen molar-refractivity contribution in [3.8, 4) is 0 Å². The maximum Gasteiger partial charge on any atom is 0.282 e. The van der Waals surface area contributed by atoms with Crippen LogP contribution in [0.15, 0.2) is 30.3 Å². The summed E-state index contributed by atoms with van der Waals surface area (Å²) in [6.45, 7) is 0. The van der Waals surface area contributed by atoms with Gasteiger partial charge in [0.05, 0.1) is 19.7 Å². The van der Waals surface area contributed by atoms with Gasteiger partial charge < -0.3 is 0 Å². The average Bonchev–Trinajstić information content (AvgIpc) is 2.94. The number of benzene rings is 2. The fourth-order valence-corrected chi connectivity index (χ4v) is 3.46. The van der Waals surface area contributed by atoms with Crippen molar-refractivity contribution < 1.29 is 9.72 Å². The number of nitrogens with one attached hydrogen (secondary N) is 1. The highest BCUT2D eigenvalue weighted by Crippen LogP contribution is 2.35. The van der Waals surface area contributed by atoms with Gasteiger partial charge in [-0.05, 0) is 24.3 Å². The lowest BCUT2D eigenvalue weighted by Crippen LogP contribution is -2.13. The Labute approximate surface area is 154 Å². The maximum atomic E-state index is 12.4. The van der Waals surface area contributed by atoms with E-state index in [1.54, 1.807) is 12.1 Å². The van der Waals surface area contributed by atoms with Crippen LogP contribution in [0.1, 0.15) is 10.4 Å². The monoisotopic (exact) mass is 401 g/mol. The molecular weight excluding hydrogens is 397 g/mol. The van der Waals surface area contributed by atoms with Gasteiger partial charge in [0.2, 0.25) is 0 Å². The Balaban J connectivity index is 1.97. The number of fused-ring (bicyclic) bond motifs is 1. The standard InChI is InChI=1S/C14H6Cl3N3O3S/c15-6-1-3-9(20(22)23)7(5-6)13(21)19-14-18-12-10(24-14)4-2-8(16)11(12)17/h1-5H,(H,18,19,21). The molecule has 0 bridgehead atoms. The quantitative estimate of drug-likeness (QED) is 0.468. The Bertz CT molecular complexity index is 990. The molecule has 3 aromatic rings. The number of nitro benzene ring substituents is 1. The number of carbonyl (C=O) groups excluding carboxylic acids is 1. The number of nitro groups is 1. The van der Waals surface area contributed by atoms with E-state index in [1.807, 2.05) is 0 Å². The van der Waals surface area contributed by atoms with Crippen LogP contribution in [0.4, 0.5) is 10.8 Å². The van der Waals surface area contributed by atoms with Crippen LogP contribution in [0.2, 0.25) is 15.1 Å². The molecular formula is C14H6Cl3N3O3S. The summed E-state index contributed by atoms with van der Waals surface area (Å²) in [6.07, 6.45) is 0. The van der Waals surface area contributed by atoms with Crippen molar-refractivity contribution in [1.29, 1.82) is 0 Å². The van der Waals surface area contributed by atoms with E-state index in [-0.39, 0.29) is 26.4 Å². The Morgan fingerprint density at radius 2 is 1.96 bits per heavy atom. The minimum absolute atomic E-state index is 0.157. The Hall–Kier alpha value is -1.93. The zero-order chi connectivity index (χ0) is 17.4. The van der Waals surface area contributed by atoms with Crippen molar-refractivity contribution in [1.82, 2.24) is 4.98 Å². The zero-order valence-electron chi connectivity index (χ0n) is 11.5. The molecule has 0 saturated heterocycles. The van der Waals surface area contributed by atoms with Gasteiger partial charge in [-0.15, -0.1) is 0 Å². The molecule has 0 aliphatic carbocycles. The van der Waals surface area contributed by atoms with Crippen LogP contribution in [0.25, 0.3) is 10.2 Å². The highest BCUT2D eigenvalue weighted by molar-refractivity contribution is 7.22. The van der Waals surface area contributed by atoms with Gasteiger partial charge >= 0.3 is 0 Å². The Kier molecular flexibility index (Phi) is 4.60. The molecule has 0 unspecified atom stereocenters. The first-order valence-electron chi connectivity index (χ1n) is 6.36. The first-order chi connectivity index (χ1) is 11.4. The first kappa shape index (κ1) is 16.9.